The summed E-state index contributed by atoms with van der Waals surface area (Å²) >= 11 is 1.55. The van der Waals surface area contributed by atoms with Gasteiger partial charge in [-0.05, 0) is 38.1 Å². The number of benzene rings is 1. The smallest absolute Gasteiger partial charge is 0.140 e. The first-order valence-electron chi connectivity index (χ1n) is 4.57. The maximum Gasteiger partial charge on any atom is 0.140 e. The Morgan fingerprint density at radius 3 is 2.50 bits per heavy atom. The summed E-state index contributed by atoms with van der Waals surface area (Å²) in [5, 5.41) is 0. The molecular weight excluding hydrogens is 196 g/mol. The molecule has 0 saturated carbocycles. The first-order valence-corrected chi connectivity index (χ1v) is 5.56. The quantitative estimate of drug-likeness (QED) is 0.699. The van der Waals surface area contributed by atoms with Gasteiger partial charge in [0.05, 0.1) is 12.4 Å². The molecule has 0 aliphatic rings. The molecule has 0 spiro atoms. The predicted molar refractivity (Wildman–Crippen MR) is 59.0 cm³/mol. The summed E-state index contributed by atoms with van der Waals surface area (Å²) in [6, 6.07) is 7.79. The van der Waals surface area contributed by atoms with Crippen molar-refractivity contribution in [1.29, 1.82) is 0 Å². The third-order valence-corrected chi connectivity index (χ3v) is 2.73. The van der Waals surface area contributed by atoms with Crippen molar-refractivity contribution in [3.05, 3.63) is 24.3 Å². The molecule has 0 bridgehead atoms. The van der Waals surface area contributed by atoms with E-state index in [1.54, 1.807) is 18.7 Å². The average Bonchev–Trinajstić information content (AvgIpc) is 2.17. The van der Waals surface area contributed by atoms with Crippen LogP contribution in [0.2, 0.25) is 0 Å². The summed E-state index contributed by atoms with van der Waals surface area (Å²) < 4.78 is 5.31. The van der Waals surface area contributed by atoms with Gasteiger partial charge in [-0.1, -0.05) is 0 Å². The number of carbonyl (C=O) groups excluding carboxylic acids is 1. The third kappa shape index (κ3) is 3.83. The summed E-state index contributed by atoms with van der Waals surface area (Å²) in [7, 11) is 0. The van der Waals surface area contributed by atoms with E-state index in [1.807, 2.05) is 31.2 Å². The number of ketones is 1. The second-order valence-electron chi connectivity index (χ2n) is 2.90. The van der Waals surface area contributed by atoms with Crippen molar-refractivity contribution in [2.75, 3.05) is 12.4 Å². The van der Waals surface area contributed by atoms with E-state index in [0.29, 0.717) is 12.4 Å². The van der Waals surface area contributed by atoms with E-state index in [9.17, 15) is 4.79 Å². The second kappa shape index (κ2) is 5.70. The lowest BCUT2D eigenvalue weighted by atomic mass is 10.3. The van der Waals surface area contributed by atoms with E-state index in [1.165, 1.54) is 0 Å². The molecule has 0 unspecified atom stereocenters. The van der Waals surface area contributed by atoms with Crippen molar-refractivity contribution in [2.45, 2.75) is 18.7 Å². The minimum atomic E-state index is 0.198. The molecule has 0 heterocycles. The van der Waals surface area contributed by atoms with Crippen LogP contribution in [-0.2, 0) is 4.79 Å². The molecule has 0 saturated heterocycles. The lowest BCUT2D eigenvalue weighted by Gasteiger charge is -2.03. The van der Waals surface area contributed by atoms with Crippen molar-refractivity contribution in [2.24, 2.45) is 0 Å². The maximum absolute atomic E-state index is 10.7. The molecule has 14 heavy (non-hydrogen) atoms. The summed E-state index contributed by atoms with van der Waals surface area (Å²) in [6.07, 6.45) is 0. The van der Waals surface area contributed by atoms with Gasteiger partial charge in [-0.25, -0.2) is 0 Å². The molecule has 2 nitrogen and oxygen atoms in total. The highest BCUT2D eigenvalue weighted by molar-refractivity contribution is 8.00. The van der Waals surface area contributed by atoms with Gasteiger partial charge in [0, 0.05) is 4.90 Å². The largest absolute Gasteiger partial charge is 0.494 e. The molecule has 0 aliphatic heterocycles. The predicted octanol–water partition coefficient (Wildman–Crippen LogP) is 2.77. The van der Waals surface area contributed by atoms with Crippen molar-refractivity contribution in [1.82, 2.24) is 0 Å². The molecule has 0 radical (unpaired) electrons. The SMILES string of the molecule is CCOc1ccc(SCC(C)=O)cc1. The normalized spacial score (nSPS) is 9.86. The van der Waals surface area contributed by atoms with Crippen molar-refractivity contribution in [3.8, 4) is 5.75 Å². The van der Waals surface area contributed by atoms with E-state index >= 15 is 0 Å². The molecule has 1 aromatic rings. The summed E-state index contributed by atoms with van der Waals surface area (Å²) in [5.74, 6) is 1.61. The van der Waals surface area contributed by atoms with E-state index in [0.717, 1.165) is 10.6 Å². The number of Topliss-reactive ketones (excluding diaryl/α,β-unsaturated/α-hetero) is 1. The topological polar surface area (TPSA) is 26.3 Å². The van der Waals surface area contributed by atoms with Gasteiger partial charge in [-0.3, -0.25) is 4.79 Å². The van der Waals surface area contributed by atoms with Gasteiger partial charge in [0.1, 0.15) is 11.5 Å². The Morgan fingerprint density at radius 2 is 2.00 bits per heavy atom. The van der Waals surface area contributed by atoms with Crippen LogP contribution < -0.4 is 4.74 Å². The molecule has 1 aromatic carbocycles. The van der Waals surface area contributed by atoms with E-state index in [-0.39, 0.29) is 5.78 Å². The van der Waals surface area contributed by atoms with Gasteiger partial charge >= 0.3 is 0 Å². The first kappa shape index (κ1) is 11.1. The van der Waals surface area contributed by atoms with Gasteiger partial charge < -0.3 is 4.74 Å². The molecule has 0 aromatic heterocycles. The summed E-state index contributed by atoms with van der Waals surface area (Å²) in [4.78, 5) is 11.8. The Hall–Kier alpha value is -0.960. The van der Waals surface area contributed by atoms with Gasteiger partial charge in [0.25, 0.3) is 0 Å². The van der Waals surface area contributed by atoms with Gasteiger partial charge in [-0.2, -0.15) is 0 Å². The van der Waals surface area contributed by atoms with E-state index in [2.05, 4.69) is 0 Å². The fraction of sp³-hybridized carbons (Fsp3) is 0.364. The van der Waals surface area contributed by atoms with Crippen LogP contribution in [-0.4, -0.2) is 18.1 Å². The zero-order chi connectivity index (χ0) is 10.4. The van der Waals surface area contributed by atoms with Crippen molar-refractivity contribution >= 4 is 17.5 Å². The molecule has 0 N–H and O–H groups in total. The van der Waals surface area contributed by atoms with Crippen LogP contribution in [0.4, 0.5) is 0 Å². The zero-order valence-electron chi connectivity index (χ0n) is 8.45. The summed E-state index contributed by atoms with van der Waals surface area (Å²) in [6.45, 7) is 4.24. The molecule has 1 rings (SSSR count). The van der Waals surface area contributed by atoms with Crippen molar-refractivity contribution < 1.29 is 9.53 Å². The Labute approximate surface area is 88.7 Å². The molecule has 0 atom stereocenters. The lowest BCUT2D eigenvalue weighted by Crippen LogP contribution is -1.93. The van der Waals surface area contributed by atoms with Crippen LogP contribution in [0, 0.1) is 0 Å². The zero-order valence-corrected chi connectivity index (χ0v) is 9.26. The van der Waals surface area contributed by atoms with E-state index < -0.39 is 0 Å². The van der Waals surface area contributed by atoms with Crippen LogP contribution in [0.5, 0.6) is 5.75 Å². The molecular formula is C11H14O2S. The van der Waals surface area contributed by atoms with Gasteiger partial charge in [0.2, 0.25) is 0 Å². The number of carbonyl (C=O) groups is 1. The molecule has 0 amide bonds. The highest BCUT2D eigenvalue weighted by Gasteiger charge is 1.97. The van der Waals surface area contributed by atoms with Gasteiger partial charge in [0.15, 0.2) is 0 Å². The van der Waals surface area contributed by atoms with Crippen LogP contribution in [0.1, 0.15) is 13.8 Å². The second-order valence-corrected chi connectivity index (χ2v) is 3.94. The van der Waals surface area contributed by atoms with Crippen LogP contribution >= 0.6 is 11.8 Å². The Kier molecular flexibility index (Phi) is 4.53. The minimum absolute atomic E-state index is 0.198. The highest BCUT2D eigenvalue weighted by atomic mass is 32.2. The number of hydrogen-bond acceptors (Lipinski definition) is 3. The van der Waals surface area contributed by atoms with Gasteiger partial charge in [-0.15, -0.1) is 11.8 Å². The Balaban J connectivity index is 2.50. The minimum Gasteiger partial charge on any atom is -0.494 e. The third-order valence-electron chi connectivity index (χ3n) is 1.58. The standard InChI is InChI=1S/C11H14O2S/c1-3-13-10-4-6-11(7-5-10)14-8-9(2)12/h4-7H,3,8H2,1-2H3. The summed E-state index contributed by atoms with van der Waals surface area (Å²) in [5.41, 5.74) is 0. The van der Waals surface area contributed by atoms with Crippen molar-refractivity contribution in [3.63, 3.8) is 0 Å². The molecule has 0 aliphatic carbocycles. The Morgan fingerprint density at radius 1 is 1.36 bits per heavy atom. The highest BCUT2D eigenvalue weighted by Crippen LogP contribution is 2.21. The first-order chi connectivity index (χ1) is 6.72. The number of thioether (sulfide) groups is 1. The number of rotatable bonds is 5. The maximum atomic E-state index is 10.7. The average molecular weight is 210 g/mol. The lowest BCUT2D eigenvalue weighted by molar-refractivity contribution is -0.114. The molecule has 76 valence electrons. The van der Waals surface area contributed by atoms with Crippen LogP contribution in [0.3, 0.4) is 0 Å². The molecule has 0 fully saturated rings. The fourth-order valence-electron chi connectivity index (χ4n) is 0.984. The monoisotopic (exact) mass is 210 g/mol. The Bertz CT molecular complexity index is 293. The van der Waals surface area contributed by atoms with Crippen LogP contribution in [0.15, 0.2) is 29.2 Å². The number of hydrogen-bond donors (Lipinski definition) is 0. The van der Waals surface area contributed by atoms with Crippen LogP contribution in [0.25, 0.3) is 0 Å². The van der Waals surface area contributed by atoms with E-state index in [4.69, 9.17) is 4.74 Å². The molecule has 3 heteroatoms. The fourth-order valence-corrected chi connectivity index (χ4v) is 1.68. The number of ether oxygens (including phenoxy) is 1.